The fourth-order valence-electron chi connectivity index (χ4n) is 3.46. The van der Waals surface area contributed by atoms with Crippen LogP contribution < -0.4 is 5.32 Å². The Hall–Kier alpha value is -1.84. The second kappa shape index (κ2) is 6.11. The van der Waals surface area contributed by atoms with Crippen LogP contribution in [0.15, 0.2) is 30.3 Å². The second-order valence-electron chi connectivity index (χ2n) is 6.84. The standard InChI is InChI=1S/C18H25NO3/c1-17(2)14(10-11-18(17,3)16(21)22-4)15(20)19-12-13-8-6-5-7-9-13/h5-9,14H,10-12H2,1-4H3,(H,19,20). The fourth-order valence-corrected chi connectivity index (χ4v) is 3.46. The molecule has 120 valence electrons. The van der Waals surface area contributed by atoms with Crippen LogP contribution in [0.25, 0.3) is 0 Å². The highest BCUT2D eigenvalue weighted by Gasteiger charge is 2.58. The molecule has 0 saturated heterocycles. The summed E-state index contributed by atoms with van der Waals surface area (Å²) in [6.45, 7) is 6.40. The zero-order valence-electron chi connectivity index (χ0n) is 13.8. The van der Waals surface area contributed by atoms with Crippen LogP contribution in [0.3, 0.4) is 0 Å². The van der Waals surface area contributed by atoms with E-state index in [-0.39, 0.29) is 17.8 Å². The van der Waals surface area contributed by atoms with E-state index in [9.17, 15) is 9.59 Å². The number of rotatable bonds is 4. The van der Waals surface area contributed by atoms with Crippen LogP contribution >= 0.6 is 0 Å². The lowest BCUT2D eigenvalue weighted by Crippen LogP contribution is -2.45. The van der Waals surface area contributed by atoms with Crippen LogP contribution in [-0.4, -0.2) is 19.0 Å². The molecule has 2 rings (SSSR count). The first-order valence-corrected chi connectivity index (χ1v) is 7.73. The first-order chi connectivity index (χ1) is 10.3. The number of nitrogens with one attached hydrogen (secondary N) is 1. The van der Waals surface area contributed by atoms with Crippen LogP contribution in [0.5, 0.6) is 0 Å². The maximum absolute atomic E-state index is 12.6. The van der Waals surface area contributed by atoms with Crippen molar-refractivity contribution in [3.63, 3.8) is 0 Å². The molecule has 1 aliphatic carbocycles. The number of carbonyl (C=O) groups excluding carboxylic acids is 2. The van der Waals surface area contributed by atoms with Crippen molar-refractivity contribution in [3.8, 4) is 0 Å². The number of methoxy groups -OCH3 is 1. The molecule has 2 atom stereocenters. The lowest BCUT2D eigenvalue weighted by Gasteiger charge is -2.38. The lowest BCUT2D eigenvalue weighted by molar-refractivity contribution is -0.159. The monoisotopic (exact) mass is 303 g/mol. The number of ether oxygens (including phenoxy) is 1. The van der Waals surface area contributed by atoms with E-state index in [0.717, 1.165) is 5.56 Å². The zero-order chi connectivity index (χ0) is 16.4. The number of benzene rings is 1. The molecule has 1 aromatic carbocycles. The van der Waals surface area contributed by atoms with Crippen LogP contribution in [-0.2, 0) is 20.9 Å². The van der Waals surface area contributed by atoms with Gasteiger partial charge in [-0.15, -0.1) is 0 Å². The van der Waals surface area contributed by atoms with Crippen molar-refractivity contribution in [1.82, 2.24) is 5.32 Å². The van der Waals surface area contributed by atoms with Crippen LogP contribution in [0.1, 0.15) is 39.2 Å². The maximum Gasteiger partial charge on any atom is 0.312 e. The minimum Gasteiger partial charge on any atom is -0.469 e. The van der Waals surface area contributed by atoms with E-state index in [4.69, 9.17) is 4.74 Å². The summed E-state index contributed by atoms with van der Waals surface area (Å²) in [4.78, 5) is 24.7. The molecule has 0 radical (unpaired) electrons. The molecular weight excluding hydrogens is 278 g/mol. The van der Waals surface area contributed by atoms with E-state index < -0.39 is 10.8 Å². The molecule has 0 aliphatic heterocycles. The average Bonchev–Trinajstić information content (AvgIpc) is 2.76. The number of hydrogen-bond donors (Lipinski definition) is 1. The summed E-state index contributed by atoms with van der Waals surface area (Å²) in [6.07, 6.45) is 1.38. The molecule has 1 fully saturated rings. The molecule has 1 aliphatic rings. The molecule has 1 saturated carbocycles. The van der Waals surface area contributed by atoms with Gasteiger partial charge in [0.05, 0.1) is 12.5 Å². The van der Waals surface area contributed by atoms with Gasteiger partial charge in [0.1, 0.15) is 0 Å². The van der Waals surface area contributed by atoms with Crippen LogP contribution in [0, 0.1) is 16.7 Å². The zero-order valence-corrected chi connectivity index (χ0v) is 13.8. The Bertz CT molecular complexity index is 553. The van der Waals surface area contributed by atoms with Gasteiger partial charge in [-0.3, -0.25) is 9.59 Å². The fraction of sp³-hybridized carbons (Fsp3) is 0.556. The van der Waals surface area contributed by atoms with Gasteiger partial charge >= 0.3 is 5.97 Å². The van der Waals surface area contributed by atoms with Gasteiger partial charge in [-0.25, -0.2) is 0 Å². The number of hydrogen-bond acceptors (Lipinski definition) is 3. The second-order valence-corrected chi connectivity index (χ2v) is 6.84. The number of amides is 1. The molecule has 0 heterocycles. The van der Waals surface area contributed by atoms with E-state index in [1.54, 1.807) is 0 Å². The normalized spacial score (nSPS) is 26.5. The van der Waals surface area contributed by atoms with E-state index in [0.29, 0.717) is 19.4 Å². The SMILES string of the molecule is COC(=O)C1(C)CCC(C(=O)NCc2ccccc2)C1(C)C. The average molecular weight is 303 g/mol. The molecule has 0 spiro atoms. The largest absolute Gasteiger partial charge is 0.469 e. The minimum atomic E-state index is -0.615. The van der Waals surface area contributed by atoms with E-state index >= 15 is 0 Å². The highest BCUT2D eigenvalue weighted by atomic mass is 16.5. The molecule has 1 aromatic rings. The molecule has 4 nitrogen and oxygen atoms in total. The third-order valence-corrected chi connectivity index (χ3v) is 5.49. The molecule has 1 amide bonds. The Labute approximate surface area is 132 Å². The molecule has 4 heteroatoms. The van der Waals surface area contributed by atoms with Crippen molar-refractivity contribution >= 4 is 11.9 Å². The Balaban J connectivity index is 2.06. The van der Waals surface area contributed by atoms with Gasteiger partial charge in [0, 0.05) is 12.5 Å². The van der Waals surface area contributed by atoms with Crippen molar-refractivity contribution in [3.05, 3.63) is 35.9 Å². The molecule has 22 heavy (non-hydrogen) atoms. The van der Waals surface area contributed by atoms with Crippen molar-refractivity contribution < 1.29 is 14.3 Å². The Kier molecular flexibility index (Phi) is 4.59. The Morgan fingerprint density at radius 1 is 1.23 bits per heavy atom. The summed E-state index contributed by atoms with van der Waals surface area (Å²) in [5.41, 5.74) is 0.0274. The van der Waals surface area contributed by atoms with E-state index in [1.165, 1.54) is 7.11 Å². The summed E-state index contributed by atoms with van der Waals surface area (Å²) in [5.74, 6) is -0.391. The van der Waals surface area contributed by atoms with Gasteiger partial charge in [-0.2, -0.15) is 0 Å². The summed E-state index contributed by atoms with van der Waals surface area (Å²) in [7, 11) is 1.41. The van der Waals surface area contributed by atoms with Gasteiger partial charge < -0.3 is 10.1 Å². The Morgan fingerprint density at radius 2 is 1.86 bits per heavy atom. The summed E-state index contributed by atoms with van der Waals surface area (Å²) in [5, 5.41) is 3.00. The summed E-state index contributed by atoms with van der Waals surface area (Å²) >= 11 is 0. The minimum absolute atomic E-state index is 0.0153. The molecule has 0 bridgehead atoms. The number of esters is 1. The van der Waals surface area contributed by atoms with Crippen molar-refractivity contribution in [2.24, 2.45) is 16.7 Å². The number of carbonyl (C=O) groups is 2. The topological polar surface area (TPSA) is 55.4 Å². The molecule has 0 aromatic heterocycles. The van der Waals surface area contributed by atoms with Gasteiger partial charge in [0.2, 0.25) is 5.91 Å². The smallest absolute Gasteiger partial charge is 0.312 e. The van der Waals surface area contributed by atoms with Gasteiger partial charge in [0.25, 0.3) is 0 Å². The van der Waals surface area contributed by atoms with Gasteiger partial charge in [-0.05, 0) is 30.7 Å². The van der Waals surface area contributed by atoms with Crippen LogP contribution in [0.2, 0.25) is 0 Å². The molecule has 1 N–H and O–H groups in total. The van der Waals surface area contributed by atoms with Crippen molar-refractivity contribution in [1.29, 1.82) is 0 Å². The third kappa shape index (κ3) is 2.74. The maximum atomic E-state index is 12.6. The first kappa shape index (κ1) is 16.5. The third-order valence-electron chi connectivity index (χ3n) is 5.49. The highest BCUT2D eigenvalue weighted by Crippen LogP contribution is 2.56. The van der Waals surface area contributed by atoms with Crippen molar-refractivity contribution in [2.45, 2.75) is 40.2 Å². The lowest BCUT2D eigenvalue weighted by atomic mass is 9.65. The predicted molar refractivity (Wildman–Crippen MR) is 84.9 cm³/mol. The summed E-state index contributed by atoms with van der Waals surface area (Å²) < 4.78 is 4.96. The highest BCUT2D eigenvalue weighted by molar-refractivity contribution is 5.84. The molecular formula is C18H25NO3. The quantitative estimate of drug-likeness (QED) is 0.870. The van der Waals surface area contributed by atoms with Gasteiger partial charge in [0.15, 0.2) is 0 Å². The van der Waals surface area contributed by atoms with Gasteiger partial charge in [-0.1, -0.05) is 44.2 Å². The van der Waals surface area contributed by atoms with E-state index in [2.05, 4.69) is 5.32 Å². The Morgan fingerprint density at radius 3 is 2.45 bits per heavy atom. The summed E-state index contributed by atoms with van der Waals surface area (Å²) in [6, 6.07) is 9.83. The van der Waals surface area contributed by atoms with Crippen molar-refractivity contribution in [2.75, 3.05) is 7.11 Å². The van der Waals surface area contributed by atoms with Crippen LogP contribution in [0.4, 0.5) is 0 Å². The first-order valence-electron chi connectivity index (χ1n) is 7.73. The van der Waals surface area contributed by atoms with E-state index in [1.807, 2.05) is 51.1 Å². The molecule has 2 unspecified atom stereocenters. The predicted octanol–water partition coefficient (Wildman–Crippen LogP) is 2.92.